The highest BCUT2D eigenvalue weighted by atomic mass is 32.1. The molecular formula is C26H29FN4S. The van der Waals surface area contributed by atoms with Gasteiger partial charge in [0.25, 0.3) is 0 Å². The third kappa shape index (κ3) is 3.71. The lowest BCUT2D eigenvalue weighted by Gasteiger charge is -2.37. The zero-order valence-electron chi connectivity index (χ0n) is 18.6. The van der Waals surface area contributed by atoms with Crippen LogP contribution in [0.2, 0.25) is 0 Å². The second kappa shape index (κ2) is 8.66. The molecule has 1 aliphatic carbocycles. The second-order valence-electron chi connectivity index (χ2n) is 8.96. The fourth-order valence-electron chi connectivity index (χ4n) is 5.53. The second-order valence-corrected chi connectivity index (χ2v) is 9.35. The molecule has 1 aromatic carbocycles. The van der Waals surface area contributed by atoms with Crippen LogP contribution in [0.5, 0.6) is 0 Å². The van der Waals surface area contributed by atoms with E-state index in [2.05, 4.69) is 45.7 Å². The Kier molecular flexibility index (Phi) is 5.72. The van der Waals surface area contributed by atoms with Crippen LogP contribution in [0, 0.1) is 19.7 Å². The number of hydrogen-bond donors (Lipinski definition) is 1. The van der Waals surface area contributed by atoms with Gasteiger partial charge in [-0.25, -0.2) is 4.39 Å². The van der Waals surface area contributed by atoms with E-state index in [4.69, 9.17) is 12.2 Å². The molecule has 2 atom stereocenters. The topological polar surface area (TPSA) is 33.1 Å². The molecule has 3 aromatic rings. The molecule has 5 rings (SSSR count). The number of hydrogen-bond acceptors (Lipinski definition) is 2. The number of pyridine rings is 1. The van der Waals surface area contributed by atoms with Crippen molar-refractivity contribution in [2.75, 3.05) is 0 Å². The first-order chi connectivity index (χ1) is 15.5. The lowest BCUT2D eigenvalue weighted by molar-refractivity contribution is 0.197. The Hall–Kier alpha value is -2.73. The van der Waals surface area contributed by atoms with Crippen LogP contribution in [0.15, 0.2) is 54.7 Å². The van der Waals surface area contributed by atoms with E-state index >= 15 is 0 Å². The summed E-state index contributed by atoms with van der Waals surface area (Å²) in [5.74, 6) is -0.222. The van der Waals surface area contributed by atoms with Crippen LogP contribution in [0.25, 0.3) is 5.69 Å². The highest BCUT2D eigenvalue weighted by Crippen LogP contribution is 2.44. The Bertz CT molecular complexity index is 1100. The first-order valence-corrected chi connectivity index (χ1v) is 11.9. The minimum absolute atomic E-state index is 0.00667. The van der Waals surface area contributed by atoms with Gasteiger partial charge in [-0.3, -0.25) is 4.98 Å². The van der Waals surface area contributed by atoms with E-state index in [0.29, 0.717) is 6.04 Å². The number of nitrogens with zero attached hydrogens (tertiary/aromatic N) is 3. The van der Waals surface area contributed by atoms with Gasteiger partial charge in [-0.15, -0.1) is 0 Å². The molecule has 32 heavy (non-hydrogen) atoms. The fraction of sp³-hybridized carbons (Fsp3) is 0.385. The largest absolute Gasteiger partial charge is 0.352 e. The molecule has 0 radical (unpaired) electrons. The van der Waals surface area contributed by atoms with Gasteiger partial charge in [0.15, 0.2) is 5.11 Å². The average molecular weight is 449 g/mol. The lowest BCUT2D eigenvalue weighted by atomic mass is 9.90. The van der Waals surface area contributed by atoms with Crippen molar-refractivity contribution in [1.82, 2.24) is 19.8 Å². The zero-order valence-corrected chi connectivity index (χ0v) is 19.4. The quantitative estimate of drug-likeness (QED) is 0.501. The van der Waals surface area contributed by atoms with Crippen molar-refractivity contribution in [3.8, 4) is 5.69 Å². The highest BCUT2D eigenvalue weighted by Gasteiger charge is 2.44. The Labute approximate surface area is 194 Å². The molecule has 2 aliphatic rings. The summed E-state index contributed by atoms with van der Waals surface area (Å²) in [4.78, 5) is 7.13. The number of aryl methyl sites for hydroxylation is 1. The van der Waals surface area contributed by atoms with Crippen LogP contribution in [0.4, 0.5) is 4.39 Å². The fourth-order valence-corrected chi connectivity index (χ4v) is 5.91. The van der Waals surface area contributed by atoms with Gasteiger partial charge in [0.2, 0.25) is 0 Å². The molecule has 2 fully saturated rings. The molecule has 3 heterocycles. The molecule has 1 saturated carbocycles. The van der Waals surface area contributed by atoms with Gasteiger partial charge >= 0.3 is 0 Å². The van der Waals surface area contributed by atoms with Crippen molar-refractivity contribution in [2.24, 2.45) is 0 Å². The summed E-state index contributed by atoms with van der Waals surface area (Å²) in [6.45, 7) is 4.27. The smallest absolute Gasteiger partial charge is 0.170 e. The monoisotopic (exact) mass is 448 g/mol. The summed E-state index contributed by atoms with van der Waals surface area (Å²) in [5, 5.41) is 4.43. The van der Waals surface area contributed by atoms with E-state index < -0.39 is 0 Å². The molecule has 4 nitrogen and oxygen atoms in total. The third-order valence-corrected chi connectivity index (χ3v) is 7.31. The Morgan fingerprint density at radius 2 is 1.78 bits per heavy atom. The van der Waals surface area contributed by atoms with Crippen molar-refractivity contribution in [3.63, 3.8) is 0 Å². The summed E-state index contributed by atoms with van der Waals surface area (Å²) >= 11 is 5.90. The van der Waals surface area contributed by atoms with Crippen molar-refractivity contribution >= 4 is 17.3 Å². The molecule has 166 valence electrons. The van der Waals surface area contributed by atoms with E-state index in [9.17, 15) is 4.39 Å². The zero-order chi connectivity index (χ0) is 22.2. The van der Waals surface area contributed by atoms with Gasteiger partial charge in [-0.1, -0.05) is 25.3 Å². The van der Waals surface area contributed by atoms with E-state index in [1.54, 1.807) is 0 Å². The SMILES string of the molecule is Cc1cc([C@H]2[C@@H](c3ccccn3)NC(=S)N2C2CCCCC2)c(C)n1-c1ccc(F)cc1. The molecule has 0 amide bonds. The van der Waals surface area contributed by atoms with Gasteiger partial charge in [0, 0.05) is 29.3 Å². The Balaban J connectivity index is 1.62. The van der Waals surface area contributed by atoms with Gasteiger partial charge in [0.05, 0.1) is 17.8 Å². The number of thiocarbonyl (C=S) groups is 1. The maximum atomic E-state index is 13.5. The third-order valence-electron chi connectivity index (χ3n) is 6.98. The summed E-state index contributed by atoms with van der Waals surface area (Å²) in [7, 11) is 0. The van der Waals surface area contributed by atoms with E-state index in [1.807, 2.05) is 30.5 Å². The lowest BCUT2D eigenvalue weighted by Crippen LogP contribution is -2.40. The molecular weight excluding hydrogens is 419 g/mol. The van der Waals surface area contributed by atoms with E-state index in [1.165, 1.54) is 49.8 Å². The minimum Gasteiger partial charge on any atom is -0.352 e. The molecule has 0 bridgehead atoms. The molecule has 0 spiro atoms. The number of benzene rings is 1. The number of aromatic nitrogens is 2. The minimum atomic E-state index is -0.222. The van der Waals surface area contributed by atoms with Crippen LogP contribution in [-0.4, -0.2) is 25.6 Å². The predicted molar refractivity (Wildman–Crippen MR) is 129 cm³/mol. The van der Waals surface area contributed by atoms with Gasteiger partial charge < -0.3 is 14.8 Å². The Morgan fingerprint density at radius 1 is 1.03 bits per heavy atom. The number of rotatable bonds is 4. The van der Waals surface area contributed by atoms with Crippen molar-refractivity contribution in [1.29, 1.82) is 0 Å². The van der Waals surface area contributed by atoms with Crippen LogP contribution in [0.1, 0.15) is 66.8 Å². The van der Waals surface area contributed by atoms with Crippen LogP contribution >= 0.6 is 12.2 Å². The van der Waals surface area contributed by atoms with Gasteiger partial charge in [0.1, 0.15) is 5.82 Å². The van der Waals surface area contributed by atoms with Crippen molar-refractivity contribution < 1.29 is 4.39 Å². The summed E-state index contributed by atoms with van der Waals surface area (Å²) in [6, 6.07) is 15.6. The van der Waals surface area contributed by atoms with Gasteiger partial charge in [-0.05, 0) is 86.9 Å². The standard InChI is InChI=1S/C26H29FN4S/c1-17-16-22(18(2)30(17)21-13-11-19(27)12-14-21)25-24(23-10-6-7-15-28-23)29-26(32)31(25)20-8-4-3-5-9-20/h6-7,10-16,20,24-25H,3-5,8-9H2,1-2H3,(H,29,32)/t24-,25+/m1/s1. The van der Waals surface area contributed by atoms with Crippen LogP contribution in [-0.2, 0) is 0 Å². The number of nitrogens with one attached hydrogen (secondary N) is 1. The molecule has 0 unspecified atom stereocenters. The predicted octanol–water partition coefficient (Wildman–Crippen LogP) is 5.93. The first kappa shape index (κ1) is 21.1. The van der Waals surface area contributed by atoms with Crippen LogP contribution < -0.4 is 5.32 Å². The van der Waals surface area contributed by atoms with Crippen molar-refractivity contribution in [2.45, 2.75) is 64.1 Å². The molecule has 2 aromatic heterocycles. The molecule has 1 aliphatic heterocycles. The maximum absolute atomic E-state index is 13.5. The summed E-state index contributed by atoms with van der Waals surface area (Å²) in [5.41, 5.74) is 5.52. The number of halogens is 1. The first-order valence-electron chi connectivity index (χ1n) is 11.5. The van der Waals surface area contributed by atoms with Crippen LogP contribution in [0.3, 0.4) is 0 Å². The maximum Gasteiger partial charge on any atom is 0.170 e. The summed E-state index contributed by atoms with van der Waals surface area (Å²) < 4.78 is 15.8. The molecule has 1 saturated heterocycles. The van der Waals surface area contributed by atoms with Crippen molar-refractivity contribution in [3.05, 3.63) is 83.2 Å². The van der Waals surface area contributed by atoms with Gasteiger partial charge in [-0.2, -0.15) is 0 Å². The van der Waals surface area contributed by atoms with E-state index in [0.717, 1.165) is 27.9 Å². The normalized spacial score (nSPS) is 21.7. The molecule has 6 heteroatoms. The average Bonchev–Trinajstić information content (AvgIpc) is 3.31. The Morgan fingerprint density at radius 3 is 2.47 bits per heavy atom. The summed E-state index contributed by atoms with van der Waals surface area (Å²) in [6.07, 6.45) is 7.99. The van der Waals surface area contributed by atoms with E-state index in [-0.39, 0.29) is 17.9 Å². The molecule has 1 N–H and O–H groups in total. The highest BCUT2D eigenvalue weighted by molar-refractivity contribution is 7.80.